The minimum Gasteiger partial charge on any atom is -0.393 e. The van der Waals surface area contributed by atoms with Crippen molar-refractivity contribution >= 4 is 23.1 Å². The van der Waals surface area contributed by atoms with E-state index in [0.29, 0.717) is 18.1 Å². The van der Waals surface area contributed by atoms with E-state index in [-0.39, 0.29) is 5.15 Å². The zero-order chi connectivity index (χ0) is 13.0. The Kier molecular flexibility index (Phi) is 3.99. The lowest BCUT2D eigenvalue weighted by molar-refractivity contribution is 1.07. The number of nitrogens with zero attached hydrogens (tertiary/aromatic N) is 2. The van der Waals surface area contributed by atoms with Crippen LogP contribution in [0.1, 0.15) is 18.1 Å². The first-order valence-electron chi connectivity index (χ1n) is 5.78. The van der Waals surface area contributed by atoms with Crippen LogP contribution in [0.5, 0.6) is 0 Å². The summed E-state index contributed by atoms with van der Waals surface area (Å²) < 4.78 is 0. The fraction of sp³-hybridized carbons (Fsp3) is 0.231. The first-order chi connectivity index (χ1) is 8.70. The van der Waals surface area contributed by atoms with Crippen LogP contribution in [-0.2, 0) is 13.0 Å². The highest BCUT2D eigenvalue weighted by Crippen LogP contribution is 2.22. The number of nitrogens with two attached hydrogens (primary N) is 1. The number of aryl methyl sites for hydroxylation is 1. The zero-order valence-corrected chi connectivity index (χ0v) is 10.9. The summed E-state index contributed by atoms with van der Waals surface area (Å²) in [4.78, 5) is 7.86. The van der Waals surface area contributed by atoms with Gasteiger partial charge in [0.1, 0.15) is 12.0 Å². The number of nitrogen functional groups attached to an aromatic ring is 1. The Morgan fingerprint density at radius 2 is 1.83 bits per heavy atom. The van der Waals surface area contributed by atoms with E-state index in [9.17, 15) is 0 Å². The van der Waals surface area contributed by atoms with Gasteiger partial charge in [-0.25, -0.2) is 9.97 Å². The normalized spacial score (nSPS) is 10.3. The quantitative estimate of drug-likeness (QED) is 0.832. The SMILES string of the molecule is CCc1ccc(CNc2ncnc(Cl)c2N)cc1. The second kappa shape index (κ2) is 5.69. The Morgan fingerprint density at radius 3 is 2.50 bits per heavy atom. The molecule has 5 heteroatoms. The zero-order valence-electron chi connectivity index (χ0n) is 10.2. The van der Waals surface area contributed by atoms with Gasteiger partial charge in [0.25, 0.3) is 0 Å². The van der Waals surface area contributed by atoms with Crippen LogP contribution in [0.2, 0.25) is 5.15 Å². The molecular formula is C13H15ClN4. The molecule has 0 unspecified atom stereocenters. The summed E-state index contributed by atoms with van der Waals surface area (Å²) in [6.45, 7) is 2.79. The van der Waals surface area contributed by atoms with Crippen LogP contribution in [0.3, 0.4) is 0 Å². The third-order valence-corrected chi connectivity index (χ3v) is 3.03. The molecule has 18 heavy (non-hydrogen) atoms. The summed E-state index contributed by atoms with van der Waals surface area (Å²) >= 11 is 5.82. The highest BCUT2D eigenvalue weighted by Gasteiger charge is 2.05. The molecule has 1 heterocycles. The van der Waals surface area contributed by atoms with Crippen LogP contribution < -0.4 is 11.1 Å². The molecule has 0 fully saturated rings. The van der Waals surface area contributed by atoms with Crippen molar-refractivity contribution in [3.05, 3.63) is 46.9 Å². The summed E-state index contributed by atoms with van der Waals surface area (Å²) in [6, 6.07) is 8.41. The van der Waals surface area contributed by atoms with E-state index in [2.05, 4.69) is 46.5 Å². The predicted octanol–water partition coefficient (Wildman–Crippen LogP) is 2.89. The highest BCUT2D eigenvalue weighted by molar-refractivity contribution is 6.32. The molecule has 0 saturated carbocycles. The fourth-order valence-corrected chi connectivity index (χ4v) is 1.73. The van der Waals surface area contributed by atoms with Gasteiger partial charge in [-0.3, -0.25) is 0 Å². The lowest BCUT2D eigenvalue weighted by Gasteiger charge is -2.08. The molecule has 0 radical (unpaired) electrons. The third-order valence-electron chi connectivity index (χ3n) is 2.73. The number of hydrogen-bond acceptors (Lipinski definition) is 4. The minimum absolute atomic E-state index is 0.272. The average molecular weight is 263 g/mol. The number of nitrogens with one attached hydrogen (secondary N) is 1. The molecule has 0 atom stereocenters. The molecule has 2 aromatic rings. The van der Waals surface area contributed by atoms with Gasteiger partial charge in [0.05, 0.1) is 0 Å². The van der Waals surface area contributed by atoms with Crippen molar-refractivity contribution in [1.29, 1.82) is 0 Å². The smallest absolute Gasteiger partial charge is 0.157 e. The van der Waals surface area contributed by atoms with E-state index in [1.807, 2.05) is 0 Å². The van der Waals surface area contributed by atoms with Crippen molar-refractivity contribution in [2.75, 3.05) is 11.1 Å². The van der Waals surface area contributed by atoms with Crippen molar-refractivity contribution in [2.24, 2.45) is 0 Å². The summed E-state index contributed by atoms with van der Waals surface area (Å²) in [5, 5.41) is 3.42. The number of hydrogen-bond donors (Lipinski definition) is 2. The second-order valence-electron chi connectivity index (χ2n) is 3.95. The maximum Gasteiger partial charge on any atom is 0.157 e. The molecular weight excluding hydrogens is 248 g/mol. The van der Waals surface area contributed by atoms with Crippen molar-refractivity contribution in [2.45, 2.75) is 19.9 Å². The molecule has 4 nitrogen and oxygen atoms in total. The molecule has 0 aliphatic rings. The third kappa shape index (κ3) is 2.90. The van der Waals surface area contributed by atoms with Crippen molar-refractivity contribution < 1.29 is 0 Å². The van der Waals surface area contributed by atoms with Crippen LogP contribution in [0.15, 0.2) is 30.6 Å². The Morgan fingerprint density at radius 1 is 1.17 bits per heavy atom. The first-order valence-corrected chi connectivity index (χ1v) is 6.16. The van der Waals surface area contributed by atoms with E-state index < -0.39 is 0 Å². The average Bonchev–Trinajstić information content (AvgIpc) is 2.41. The molecule has 1 aromatic carbocycles. The van der Waals surface area contributed by atoms with Gasteiger partial charge in [-0.1, -0.05) is 42.8 Å². The van der Waals surface area contributed by atoms with E-state index in [0.717, 1.165) is 6.42 Å². The Labute approximate surface area is 111 Å². The van der Waals surface area contributed by atoms with Crippen molar-refractivity contribution in [1.82, 2.24) is 9.97 Å². The number of benzene rings is 1. The van der Waals surface area contributed by atoms with Gasteiger partial charge in [0, 0.05) is 6.54 Å². The molecule has 3 N–H and O–H groups in total. The maximum absolute atomic E-state index is 5.82. The monoisotopic (exact) mass is 262 g/mol. The molecule has 0 bridgehead atoms. The Bertz CT molecular complexity index is 525. The van der Waals surface area contributed by atoms with E-state index in [1.54, 1.807) is 0 Å². The fourth-order valence-electron chi connectivity index (χ4n) is 1.59. The van der Waals surface area contributed by atoms with Crippen LogP contribution in [0.25, 0.3) is 0 Å². The largest absolute Gasteiger partial charge is 0.393 e. The van der Waals surface area contributed by atoms with E-state index in [1.165, 1.54) is 17.5 Å². The topological polar surface area (TPSA) is 63.8 Å². The van der Waals surface area contributed by atoms with E-state index >= 15 is 0 Å². The first kappa shape index (κ1) is 12.6. The standard InChI is InChI=1S/C13H15ClN4/c1-2-9-3-5-10(6-4-9)7-16-13-11(15)12(14)17-8-18-13/h3-6,8H,2,7,15H2,1H3,(H,16,17,18). The number of anilines is 2. The lowest BCUT2D eigenvalue weighted by atomic mass is 10.1. The van der Waals surface area contributed by atoms with Gasteiger partial charge in [0.2, 0.25) is 0 Å². The lowest BCUT2D eigenvalue weighted by Crippen LogP contribution is -2.05. The van der Waals surface area contributed by atoms with Crippen LogP contribution in [0, 0.1) is 0 Å². The summed E-state index contributed by atoms with van der Waals surface area (Å²) in [5.41, 5.74) is 8.64. The number of rotatable bonds is 4. The Balaban J connectivity index is 2.04. The maximum atomic E-state index is 5.82. The van der Waals surface area contributed by atoms with E-state index in [4.69, 9.17) is 17.3 Å². The second-order valence-corrected chi connectivity index (χ2v) is 4.31. The molecule has 0 saturated heterocycles. The summed E-state index contributed by atoms with van der Waals surface area (Å²) in [7, 11) is 0. The van der Waals surface area contributed by atoms with Crippen LogP contribution >= 0.6 is 11.6 Å². The van der Waals surface area contributed by atoms with Gasteiger partial charge >= 0.3 is 0 Å². The molecule has 2 rings (SSSR count). The molecule has 0 amide bonds. The van der Waals surface area contributed by atoms with Gasteiger partial charge in [-0.15, -0.1) is 0 Å². The molecule has 0 aliphatic carbocycles. The van der Waals surface area contributed by atoms with Gasteiger partial charge in [-0.05, 0) is 17.5 Å². The van der Waals surface area contributed by atoms with Gasteiger partial charge in [0.15, 0.2) is 11.0 Å². The molecule has 1 aromatic heterocycles. The number of halogens is 1. The minimum atomic E-state index is 0.272. The van der Waals surface area contributed by atoms with Gasteiger partial charge in [-0.2, -0.15) is 0 Å². The van der Waals surface area contributed by atoms with Crippen LogP contribution in [-0.4, -0.2) is 9.97 Å². The Hall–Kier alpha value is -1.81. The molecule has 0 aliphatic heterocycles. The predicted molar refractivity (Wildman–Crippen MR) is 74.6 cm³/mol. The van der Waals surface area contributed by atoms with Gasteiger partial charge < -0.3 is 11.1 Å². The molecule has 94 valence electrons. The highest BCUT2D eigenvalue weighted by atomic mass is 35.5. The van der Waals surface area contributed by atoms with Crippen LogP contribution in [0.4, 0.5) is 11.5 Å². The van der Waals surface area contributed by atoms with Crippen molar-refractivity contribution in [3.63, 3.8) is 0 Å². The molecule has 0 spiro atoms. The number of aromatic nitrogens is 2. The summed E-state index contributed by atoms with van der Waals surface area (Å²) in [5.74, 6) is 0.564. The van der Waals surface area contributed by atoms with Crippen molar-refractivity contribution in [3.8, 4) is 0 Å². The summed E-state index contributed by atoms with van der Waals surface area (Å²) in [6.07, 6.45) is 2.43.